The number of alkyl carbamates (subject to hydrolysis) is 1. The molecule has 4 atom stereocenters. The molecule has 0 spiro atoms. The lowest BCUT2D eigenvalue weighted by Gasteiger charge is -2.40. The van der Waals surface area contributed by atoms with Crippen molar-refractivity contribution in [2.24, 2.45) is 0 Å². The van der Waals surface area contributed by atoms with Crippen LogP contribution >= 0.6 is 11.6 Å². The zero-order chi connectivity index (χ0) is 24.8. The third-order valence-corrected chi connectivity index (χ3v) is 6.08. The van der Waals surface area contributed by atoms with Crippen LogP contribution in [0, 0.1) is 0 Å². The molecule has 2 rings (SSSR count). The Labute approximate surface area is 200 Å². The molecule has 1 aliphatic rings. The second kappa shape index (κ2) is 11.7. The van der Waals surface area contributed by atoms with Crippen molar-refractivity contribution in [2.45, 2.75) is 64.2 Å². The van der Waals surface area contributed by atoms with Gasteiger partial charge in [-0.05, 0) is 44.4 Å². The minimum absolute atomic E-state index is 0.227. The summed E-state index contributed by atoms with van der Waals surface area (Å²) in [6.07, 6.45) is 4.36. The van der Waals surface area contributed by atoms with Crippen molar-refractivity contribution in [1.82, 2.24) is 5.32 Å². The van der Waals surface area contributed by atoms with Gasteiger partial charge in [0.2, 0.25) is 0 Å². The van der Waals surface area contributed by atoms with Crippen LogP contribution in [0.2, 0.25) is 5.02 Å². The minimum atomic E-state index is -1.55. The molecule has 1 amide bonds. The van der Waals surface area contributed by atoms with Crippen LogP contribution in [0.1, 0.15) is 39.2 Å². The normalized spacial score (nSPS) is 23.1. The second-order valence-corrected chi connectivity index (χ2v) is 8.67. The third kappa shape index (κ3) is 6.86. The molecule has 0 bridgehead atoms. The Kier molecular flexibility index (Phi) is 9.60. The average Bonchev–Trinajstić information content (AvgIpc) is 2.76. The summed E-state index contributed by atoms with van der Waals surface area (Å²) in [6, 6.07) is 3.79. The number of ether oxygens (including phenoxy) is 3. The van der Waals surface area contributed by atoms with E-state index < -0.39 is 24.2 Å². The maximum atomic E-state index is 11.8. The van der Waals surface area contributed by atoms with E-state index in [0.29, 0.717) is 29.3 Å². The predicted molar refractivity (Wildman–Crippen MR) is 129 cm³/mol. The number of amides is 1. The number of methoxy groups -OCH3 is 2. The van der Waals surface area contributed by atoms with E-state index in [-0.39, 0.29) is 12.5 Å². The van der Waals surface area contributed by atoms with Crippen LogP contribution in [0.15, 0.2) is 35.9 Å². The molecule has 1 unspecified atom stereocenters. The quantitative estimate of drug-likeness (QED) is 0.344. The SMILES string of the molecule is CC[C@@H]1C[C@](O)([C@@H](/C=C/C=C(\C)Cc2cc(OC)c(Cl)c(N(C)C(C)O)c2)OC)NC(=O)O1. The van der Waals surface area contributed by atoms with Crippen LogP contribution < -0.4 is 15.0 Å². The number of carbonyl (C=O) groups excluding carboxylic acids is 1. The van der Waals surface area contributed by atoms with Gasteiger partial charge in [0.15, 0.2) is 5.72 Å². The summed E-state index contributed by atoms with van der Waals surface area (Å²) >= 11 is 6.43. The topological polar surface area (TPSA) is 100 Å². The monoisotopic (exact) mass is 482 g/mol. The number of aliphatic hydroxyl groups excluding tert-OH is 1. The van der Waals surface area contributed by atoms with E-state index in [1.54, 1.807) is 38.1 Å². The number of nitrogens with one attached hydrogen (secondary N) is 1. The van der Waals surface area contributed by atoms with Gasteiger partial charge in [0.1, 0.15) is 29.2 Å². The lowest BCUT2D eigenvalue weighted by Crippen LogP contribution is -2.62. The van der Waals surface area contributed by atoms with Crippen LogP contribution in [-0.2, 0) is 15.9 Å². The predicted octanol–water partition coefficient (Wildman–Crippen LogP) is 3.78. The van der Waals surface area contributed by atoms with E-state index in [4.69, 9.17) is 25.8 Å². The minimum Gasteiger partial charge on any atom is -0.495 e. The highest BCUT2D eigenvalue weighted by Crippen LogP contribution is 2.36. The Morgan fingerprint density at radius 2 is 2.15 bits per heavy atom. The van der Waals surface area contributed by atoms with Gasteiger partial charge >= 0.3 is 6.09 Å². The fourth-order valence-electron chi connectivity index (χ4n) is 3.69. The Bertz CT molecular complexity index is 888. The number of benzene rings is 1. The second-order valence-electron chi connectivity index (χ2n) is 8.29. The Hall–Kier alpha value is -2.26. The van der Waals surface area contributed by atoms with Gasteiger partial charge in [0, 0.05) is 20.6 Å². The third-order valence-electron chi connectivity index (χ3n) is 5.70. The van der Waals surface area contributed by atoms with Crippen LogP contribution in [-0.4, -0.2) is 61.7 Å². The van der Waals surface area contributed by atoms with Gasteiger partial charge in [0.25, 0.3) is 0 Å². The standard InChI is InChI=1S/C24H35ClN2O6/c1-7-18-14-24(30,26-23(29)33-18)21(32-6)10-8-9-15(2)11-17-12-19(27(4)16(3)28)22(25)20(13-17)31-5/h8-10,12-13,16,18,21,28,30H,7,11,14H2,1-6H3,(H,26,29)/b10-8+,15-9+/t16?,18-,21-,24+/m1/s1. The number of hydrogen-bond acceptors (Lipinski definition) is 7. The maximum absolute atomic E-state index is 11.8. The lowest BCUT2D eigenvalue weighted by atomic mass is 9.95. The van der Waals surface area contributed by atoms with E-state index in [9.17, 15) is 15.0 Å². The van der Waals surface area contributed by atoms with Gasteiger partial charge in [-0.2, -0.15) is 0 Å². The molecular weight excluding hydrogens is 448 g/mol. The number of halogens is 1. The van der Waals surface area contributed by atoms with Gasteiger partial charge in [-0.15, -0.1) is 0 Å². The summed E-state index contributed by atoms with van der Waals surface area (Å²) in [7, 11) is 4.79. The first-order chi connectivity index (χ1) is 15.5. The van der Waals surface area contributed by atoms with Gasteiger partial charge < -0.3 is 29.3 Å². The first-order valence-electron chi connectivity index (χ1n) is 10.9. The van der Waals surface area contributed by atoms with Crippen LogP contribution in [0.25, 0.3) is 0 Å². The molecule has 1 saturated heterocycles. The number of carbonyl (C=O) groups is 1. The van der Waals surface area contributed by atoms with E-state index in [1.165, 1.54) is 7.11 Å². The smallest absolute Gasteiger partial charge is 0.409 e. The molecule has 0 radical (unpaired) electrons. The summed E-state index contributed by atoms with van der Waals surface area (Å²) in [6.45, 7) is 5.53. The molecule has 0 saturated carbocycles. The number of cyclic esters (lactones) is 1. The number of anilines is 1. The van der Waals surface area contributed by atoms with Crippen molar-refractivity contribution in [3.05, 3.63) is 46.5 Å². The largest absolute Gasteiger partial charge is 0.495 e. The number of rotatable bonds is 10. The van der Waals surface area contributed by atoms with Crippen LogP contribution in [0.5, 0.6) is 5.75 Å². The van der Waals surface area contributed by atoms with E-state index in [2.05, 4.69) is 5.32 Å². The van der Waals surface area contributed by atoms with Crippen LogP contribution in [0.3, 0.4) is 0 Å². The molecule has 0 aromatic heterocycles. The molecule has 33 heavy (non-hydrogen) atoms. The summed E-state index contributed by atoms with van der Waals surface area (Å²) in [5, 5.41) is 23.8. The molecule has 1 heterocycles. The number of allylic oxidation sites excluding steroid dienone is 3. The highest BCUT2D eigenvalue weighted by atomic mass is 35.5. The van der Waals surface area contributed by atoms with E-state index in [1.807, 2.05) is 32.1 Å². The number of hydrogen-bond donors (Lipinski definition) is 3. The van der Waals surface area contributed by atoms with Crippen molar-refractivity contribution < 1.29 is 29.2 Å². The van der Waals surface area contributed by atoms with Crippen molar-refractivity contribution in [3.8, 4) is 5.75 Å². The molecule has 9 heteroatoms. The van der Waals surface area contributed by atoms with E-state index >= 15 is 0 Å². The summed E-state index contributed by atoms with van der Waals surface area (Å²) < 4.78 is 16.0. The number of nitrogens with zero attached hydrogens (tertiary/aromatic N) is 1. The molecular formula is C24H35ClN2O6. The van der Waals surface area contributed by atoms with Gasteiger partial charge in [-0.3, -0.25) is 5.32 Å². The Morgan fingerprint density at radius 1 is 1.45 bits per heavy atom. The maximum Gasteiger partial charge on any atom is 0.409 e. The Morgan fingerprint density at radius 3 is 2.73 bits per heavy atom. The van der Waals surface area contributed by atoms with Crippen molar-refractivity contribution >= 4 is 23.4 Å². The van der Waals surface area contributed by atoms with Gasteiger partial charge in [-0.25, -0.2) is 4.79 Å². The molecule has 1 fully saturated rings. The molecule has 1 aromatic carbocycles. The molecule has 1 aromatic rings. The van der Waals surface area contributed by atoms with Crippen molar-refractivity contribution in [3.63, 3.8) is 0 Å². The highest BCUT2D eigenvalue weighted by molar-refractivity contribution is 6.34. The molecule has 3 N–H and O–H groups in total. The zero-order valence-electron chi connectivity index (χ0n) is 20.1. The first-order valence-corrected chi connectivity index (χ1v) is 11.3. The average molecular weight is 483 g/mol. The zero-order valence-corrected chi connectivity index (χ0v) is 20.8. The molecule has 8 nitrogen and oxygen atoms in total. The van der Waals surface area contributed by atoms with Crippen molar-refractivity contribution in [2.75, 3.05) is 26.2 Å². The summed E-state index contributed by atoms with van der Waals surface area (Å²) in [5.41, 5.74) is 1.12. The summed E-state index contributed by atoms with van der Waals surface area (Å²) in [5.74, 6) is 0.530. The fraction of sp³-hybridized carbons (Fsp3) is 0.542. The molecule has 184 valence electrons. The van der Waals surface area contributed by atoms with E-state index in [0.717, 1.165) is 11.1 Å². The Balaban J connectivity index is 2.19. The van der Waals surface area contributed by atoms with Crippen molar-refractivity contribution in [1.29, 1.82) is 0 Å². The highest BCUT2D eigenvalue weighted by Gasteiger charge is 2.44. The first kappa shape index (κ1) is 27.0. The summed E-state index contributed by atoms with van der Waals surface area (Å²) in [4.78, 5) is 13.5. The number of aliphatic hydroxyl groups is 2. The molecule has 0 aliphatic carbocycles. The molecule has 1 aliphatic heterocycles. The van der Waals surface area contributed by atoms with Gasteiger partial charge in [-0.1, -0.05) is 42.3 Å². The van der Waals surface area contributed by atoms with Gasteiger partial charge in [0.05, 0.1) is 12.8 Å². The fourth-order valence-corrected chi connectivity index (χ4v) is 4.01. The van der Waals surface area contributed by atoms with Crippen LogP contribution in [0.4, 0.5) is 10.5 Å². The lowest BCUT2D eigenvalue weighted by molar-refractivity contribution is -0.134.